The SMILES string of the molecule is CN1C(=O)/C(=C/c2cc(Cl)c(OCc3cccc([N+](=O)[O-])c3)c(Br)c2)C(=O)NC1=S. The lowest BCUT2D eigenvalue weighted by Crippen LogP contribution is -2.52. The molecule has 1 saturated heterocycles. The molecule has 0 spiro atoms. The lowest BCUT2D eigenvalue weighted by atomic mass is 10.1. The summed E-state index contributed by atoms with van der Waals surface area (Å²) in [6.45, 7) is 0.0591. The van der Waals surface area contributed by atoms with E-state index in [1.165, 1.54) is 31.3 Å². The van der Waals surface area contributed by atoms with Crippen LogP contribution in [-0.4, -0.2) is 33.8 Å². The molecule has 2 aromatic rings. The number of carbonyl (C=O) groups is 2. The Morgan fingerprint density at radius 2 is 2.07 bits per heavy atom. The zero-order valence-electron chi connectivity index (χ0n) is 15.3. The fourth-order valence-electron chi connectivity index (χ4n) is 2.63. The molecule has 1 fully saturated rings. The van der Waals surface area contributed by atoms with E-state index in [9.17, 15) is 19.7 Å². The summed E-state index contributed by atoms with van der Waals surface area (Å²) >= 11 is 14.6. The number of amides is 2. The predicted octanol–water partition coefficient (Wildman–Crippen LogP) is 3.85. The molecule has 154 valence electrons. The largest absolute Gasteiger partial charge is 0.486 e. The molecular formula is C19H13BrClN3O5S. The molecule has 11 heteroatoms. The first-order valence-electron chi connectivity index (χ1n) is 8.37. The Labute approximate surface area is 189 Å². The van der Waals surface area contributed by atoms with Crippen LogP contribution in [0.5, 0.6) is 5.75 Å². The van der Waals surface area contributed by atoms with Crippen molar-refractivity contribution in [3.63, 3.8) is 0 Å². The number of nitrogens with one attached hydrogen (secondary N) is 1. The van der Waals surface area contributed by atoms with Crippen molar-refractivity contribution in [2.45, 2.75) is 6.61 Å². The number of rotatable bonds is 5. The van der Waals surface area contributed by atoms with Crippen LogP contribution in [-0.2, 0) is 16.2 Å². The minimum atomic E-state index is -0.596. The fraction of sp³-hybridized carbons (Fsp3) is 0.105. The van der Waals surface area contributed by atoms with Crippen molar-refractivity contribution in [3.05, 3.63) is 72.7 Å². The number of nitro groups is 1. The third kappa shape index (κ3) is 4.66. The van der Waals surface area contributed by atoms with Crippen molar-refractivity contribution < 1.29 is 19.2 Å². The Hall–Kier alpha value is -2.82. The van der Waals surface area contributed by atoms with Gasteiger partial charge in [-0.25, -0.2) is 0 Å². The van der Waals surface area contributed by atoms with E-state index in [4.69, 9.17) is 28.6 Å². The standard InChI is InChI=1S/C19H13BrClN3O5S/c1-23-18(26)13(17(25)22-19(23)30)6-11-7-14(20)16(15(21)8-11)29-9-10-3-2-4-12(5-10)24(27)28/h2-8H,9H2,1H3,(H,22,25,30)/b13-6+. The highest BCUT2D eigenvalue weighted by Gasteiger charge is 2.30. The fourth-order valence-corrected chi connectivity index (χ4v) is 3.79. The van der Waals surface area contributed by atoms with Crippen LogP contribution in [0.3, 0.4) is 0 Å². The summed E-state index contributed by atoms with van der Waals surface area (Å²) in [5, 5.41) is 13.6. The van der Waals surface area contributed by atoms with E-state index in [-0.39, 0.29) is 28.0 Å². The highest BCUT2D eigenvalue weighted by atomic mass is 79.9. The number of thiocarbonyl (C=S) groups is 1. The maximum Gasteiger partial charge on any atom is 0.269 e. The lowest BCUT2D eigenvalue weighted by molar-refractivity contribution is -0.384. The predicted molar refractivity (Wildman–Crippen MR) is 118 cm³/mol. The van der Waals surface area contributed by atoms with E-state index in [0.717, 1.165) is 4.90 Å². The second kappa shape index (κ2) is 8.90. The summed E-state index contributed by atoms with van der Waals surface area (Å²) in [5.41, 5.74) is 0.971. The Kier molecular flexibility index (Phi) is 6.49. The van der Waals surface area contributed by atoms with Gasteiger partial charge in [-0.05, 0) is 57.5 Å². The molecule has 0 unspecified atom stereocenters. The maximum absolute atomic E-state index is 12.3. The van der Waals surface area contributed by atoms with Gasteiger partial charge in [0.15, 0.2) is 10.9 Å². The van der Waals surface area contributed by atoms with Crippen molar-refractivity contribution in [1.29, 1.82) is 0 Å². The number of carbonyl (C=O) groups excluding carboxylic acids is 2. The summed E-state index contributed by atoms with van der Waals surface area (Å²) in [6, 6.07) is 9.24. The summed E-state index contributed by atoms with van der Waals surface area (Å²) < 4.78 is 6.20. The minimum Gasteiger partial charge on any atom is -0.486 e. The number of halogens is 2. The number of nitro benzene ring substituents is 1. The third-order valence-corrected chi connectivity index (χ3v) is 5.39. The van der Waals surface area contributed by atoms with Gasteiger partial charge in [-0.1, -0.05) is 23.7 Å². The smallest absolute Gasteiger partial charge is 0.269 e. The topological polar surface area (TPSA) is 102 Å². The number of nitrogens with zero attached hydrogens (tertiary/aromatic N) is 2. The zero-order chi connectivity index (χ0) is 22.0. The van der Waals surface area contributed by atoms with Gasteiger partial charge < -0.3 is 4.74 Å². The number of non-ortho nitro benzene ring substituents is 1. The molecule has 1 aliphatic rings. The van der Waals surface area contributed by atoms with Gasteiger partial charge in [0, 0.05) is 19.2 Å². The van der Waals surface area contributed by atoms with Gasteiger partial charge in [-0.3, -0.25) is 29.9 Å². The lowest BCUT2D eigenvalue weighted by Gasteiger charge is -2.25. The van der Waals surface area contributed by atoms with Crippen LogP contribution in [0.25, 0.3) is 6.08 Å². The van der Waals surface area contributed by atoms with E-state index < -0.39 is 16.7 Å². The molecule has 2 amide bonds. The first kappa shape index (κ1) is 21.9. The van der Waals surface area contributed by atoms with Crippen LogP contribution < -0.4 is 10.1 Å². The average molecular weight is 511 g/mol. The van der Waals surface area contributed by atoms with Gasteiger partial charge in [-0.15, -0.1) is 0 Å². The van der Waals surface area contributed by atoms with Gasteiger partial charge in [-0.2, -0.15) is 0 Å². The highest BCUT2D eigenvalue weighted by Crippen LogP contribution is 2.36. The molecule has 8 nitrogen and oxygen atoms in total. The molecule has 3 rings (SSSR count). The summed E-state index contributed by atoms with van der Waals surface area (Å²) in [7, 11) is 1.46. The van der Waals surface area contributed by atoms with Gasteiger partial charge in [0.1, 0.15) is 12.2 Å². The Morgan fingerprint density at radius 3 is 2.73 bits per heavy atom. The van der Waals surface area contributed by atoms with Crippen LogP contribution in [0.4, 0.5) is 5.69 Å². The second-order valence-electron chi connectivity index (χ2n) is 6.21. The molecule has 0 aliphatic carbocycles. The highest BCUT2D eigenvalue weighted by molar-refractivity contribution is 9.10. The van der Waals surface area contributed by atoms with E-state index in [0.29, 0.717) is 21.3 Å². The number of hydrogen-bond donors (Lipinski definition) is 1. The van der Waals surface area contributed by atoms with Gasteiger partial charge in [0.25, 0.3) is 17.5 Å². The van der Waals surface area contributed by atoms with Crippen LogP contribution >= 0.6 is 39.7 Å². The van der Waals surface area contributed by atoms with Crippen LogP contribution in [0.2, 0.25) is 5.02 Å². The first-order valence-corrected chi connectivity index (χ1v) is 9.95. The molecule has 0 aromatic heterocycles. The van der Waals surface area contributed by atoms with E-state index in [2.05, 4.69) is 21.2 Å². The third-order valence-electron chi connectivity index (χ3n) is 4.14. The van der Waals surface area contributed by atoms with Gasteiger partial charge in [0.2, 0.25) is 0 Å². The van der Waals surface area contributed by atoms with Crippen molar-refractivity contribution >= 4 is 68.4 Å². The monoisotopic (exact) mass is 509 g/mol. The summed E-state index contributed by atoms with van der Waals surface area (Å²) in [6.07, 6.45) is 1.40. The molecule has 1 N–H and O–H groups in total. The Bertz CT molecular complexity index is 1100. The normalized spacial score (nSPS) is 15.4. The second-order valence-corrected chi connectivity index (χ2v) is 7.86. The molecule has 0 saturated carbocycles. The minimum absolute atomic E-state index is 0.0336. The Morgan fingerprint density at radius 1 is 1.33 bits per heavy atom. The molecule has 0 atom stereocenters. The Balaban J connectivity index is 1.83. The van der Waals surface area contributed by atoms with E-state index >= 15 is 0 Å². The van der Waals surface area contributed by atoms with Crippen LogP contribution in [0.1, 0.15) is 11.1 Å². The van der Waals surface area contributed by atoms with Crippen LogP contribution in [0, 0.1) is 10.1 Å². The maximum atomic E-state index is 12.3. The molecule has 0 bridgehead atoms. The van der Waals surface area contributed by atoms with Crippen molar-refractivity contribution in [2.24, 2.45) is 0 Å². The van der Waals surface area contributed by atoms with Crippen LogP contribution in [0.15, 0.2) is 46.4 Å². The quantitative estimate of drug-likeness (QED) is 0.216. The number of hydrogen-bond acceptors (Lipinski definition) is 6. The first-order chi connectivity index (χ1) is 14.2. The molecule has 2 aromatic carbocycles. The molecule has 1 heterocycles. The van der Waals surface area contributed by atoms with E-state index in [1.54, 1.807) is 18.2 Å². The average Bonchev–Trinajstić information content (AvgIpc) is 2.69. The number of ether oxygens (including phenoxy) is 1. The van der Waals surface area contributed by atoms with Crippen molar-refractivity contribution in [1.82, 2.24) is 10.2 Å². The number of likely N-dealkylation sites (N-methyl/N-ethyl adjacent to an activating group) is 1. The molecule has 0 radical (unpaired) electrons. The summed E-state index contributed by atoms with van der Waals surface area (Å²) in [5.74, 6) is -0.800. The number of benzene rings is 2. The van der Waals surface area contributed by atoms with Gasteiger partial charge in [0.05, 0.1) is 14.4 Å². The molecule has 1 aliphatic heterocycles. The zero-order valence-corrected chi connectivity index (χ0v) is 18.5. The van der Waals surface area contributed by atoms with Gasteiger partial charge >= 0.3 is 0 Å². The molecule has 30 heavy (non-hydrogen) atoms. The van der Waals surface area contributed by atoms with E-state index in [1.807, 2.05) is 0 Å². The summed E-state index contributed by atoms with van der Waals surface area (Å²) in [4.78, 5) is 36.0. The van der Waals surface area contributed by atoms with Crippen molar-refractivity contribution in [2.75, 3.05) is 7.05 Å². The molecular weight excluding hydrogens is 498 g/mol. The van der Waals surface area contributed by atoms with Crippen molar-refractivity contribution in [3.8, 4) is 5.75 Å².